The fourth-order valence-electron chi connectivity index (χ4n) is 4.08. The minimum Gasteiger partial charge on any atom is -0.435 e. The van der Waals surface area contributed by atoms with Gasteiger partial charge in [0, 0.05) is 23.8 Å². The van der Waals surface area contributed by atoms with Gasteiger partial charge in [-0.05, 0) is 75.6 Å². The van der Waals surface area contributed by atoms with Gasteiger partial charge in [0.15, 0.2) is 0 Å². The molecule has 1 aliphatic rings. The van der Waals surface area contributed by atoms with Gasteiger partial charge in [-0.1, -0.05) is 12.1 Å². The molecule has 3 aromatic rings. The van der Waals surface area contributed by atoms with Crippen LogP contribution < -0.4 is 9.46 Å². The summed E-state index contributed by atoms with van der Waals surface area (Å²) in [7, 11) is -2.77. The average molecular weight is 505 g/mol. The molecule has 1 N–H and O–H groups in total. The lowest BCUT2D eigenvalue weighted by Crippen LogP contribution is -2.39. The number of benzene rings is 2. The van der Waals surface area contributed by atoms with Crippen molar-refractivity contribution < 1.29 is 31.5 Å². The average Bonchev–Trinajstić information content (AvgIpc) is 3.60. The minimum atomic E-state index is -4.28. The van der Waals surface area contributed by atoms with Crippen molar-refractivity contribution in [2.45, 2.75) is 56.1 Å². The second-order valence-electron chi connectivity index (χ2n) is 9.10. The summed E-state index contributed by atoms with van der Waals surface area (Å²) in [6.45, 7) is 2.27. The van der Waals surface area contributed by atoms with Crippen molar-refractivity contribution in [1.29, 1.82) is 0 Å². The van der Waals surface area contributed by atoms with Crippen molar-refractivity contribution in [3.8, 4) is 5.75 Å². The van der Waals surface area contributed by atoms with Crippen molar-refractivity contribution in [2.75, 3.05) is 7.11 Å². The van der Waals surface area contributed by atoms with Gasteiger partial charge in [0.05, 0.1) is 21.4 Å². The lowest BCUT2D eigenvalue weighted by molar-refractivity contribution is -0.122. The van der Waals surface area contributed by atoms with E-state index < -0.39 is 33.6 Å². The molecule has 0 unspecified atom stereocenters. The van der Waals surface area contributed by atoms with Crippen LogP contribution in [0.2, 0.25) is 0 Å². The van der Waals surface area contributed by atoms with E-state index in [4.69, 9.17) is 9.47 Å². The van der Waals surface area contributed by atoms with E-state index in [2.05, 4.69) is 9.71 Å². The molecule has 35 heavy (non-hydrogen) atoms. The molecule has 0 bridgehead atoms. The number of aromatic nitrogens is 1. The molecule has 1 saturated carbocycles. The molecule has 1 aromatic heterocycles. The van der Waals surface area contributed by atoms with Crippen LogP contribution in [-0.2, 0) is 30.6 Å². The number of amides is 1. The highest BCUT2D eigenvalue weighted by Gasteiger charge is 2.54. The normalized spacial score (nSPS) is 15.3. The molecule has 186 valence electrons. The number of aryl methyl sites for hydroxylation is 1. The number of alkyl halides is 2. The van der Waals surface area contributed by atoms with E-state index in [1.165, 1.54) is 19.2 Å². The highest BCUT2D eigenvalue weighted by atomic mass is 32.2. The minimum absolute atomic E-state index is 0.0926. The molecular weight excluding hydrogens is 478 g/mol. The van der Waals surface area contributed by atoms with Gasteiger partial charge in [0.1, 0.15) is 5.75 Å². The van der Waals surface area contributed by atoms with Gasteiger partial charge in [0.2, 0.25) is 5.91 Å². The lowest BCUT2D eigenvalue weighted by Gasteiger charge is -2.27. The molecule has 4 rings (SSSR count). The Morgan fingerprint density at radius 2 is 1.86 bits per heavy atom. The number of sulfonamides is 1. The SMILES string of the molecule is COC(C)(C)c1ccc(OC(F)F)c(C2(C(=O)NS(=O)(=O)c3cccc4nc(C)ccc34)CC2)c1. The monoisotopic (exact) mass is 504 g/mol. The molecule has 2 aromatic carbocycles. The summed E-state index contributed by atoms with van der Waals surface area (Å²) in [4.78, 5) is 17.6. The van der Waals surface area contributed by atoms with Crippen LogP contribution in [0.5, 0.6) is 5.75 Å². The number of fused-ring (bicyclic) bond motifs is 1. The van der Waals surface area contributed by atoms with Crippen LogP contribution in [0.4, 0.5) is 8.78 Å². The van der Waals surface area contributed by atoms with E-state index in [1.807, 2.05) is 0 Å². The number of methoxy groups -OCH3 is 1. The van der Waals surface area contributed by atoms with Crippen LogP contribution in [0.15, 0.2) is 53.4 Å². The lowest BCUT2D eigenvalue weighted by atomic mass is 9.88. The zero-order valence-electron chi connectivity index (χ0n) is 19.8. The van der Waals surface area contributed by atoms with E-state index in [1.54, 1.807) is 57.2 Å². The third kappa shape index (κ3) is 4.72. The Morgan fingerprint density at radius 3 is 2.49 bits per heavy atom. The van der Waals surface area contributed by atoms with Gasteiger partial charge in [-0.15, -0.1) is 0 Å². The molecular formula is C25H26F2N2O5S. The summed E-state index contributed by atoms with van der Waals surface area (Å²) >= 11 is 0. The first kappa shape index (κ1) is 25.0. The number of nitrogens with zero attached hydrogens (tertiary/aromatic N) is 1. The molecule has 1 heterocycles. The largest absolute Gasteiger partial charge is 0.435 e. The van der Waals surface area contributed by atoms with Crippen molar-refractivity contribution in [1.82, 2.24) is 9.71 Å². The van der Waals surface area contributed by atoms with Gasteiger partial charge in [-0.3, -0.25) is 9.78 Å². The second-order valence-corrected chi connectivity index (χ2v) is 10.7. The summed E-state index contributed by atoms with van der Waals surface area (Å²) in [5.41, 5.74) is -0.0686. The van der Waals surface area contributed by atoms with Crippen LogP contribution in [0.1, 0.15) is 43.5 Å². The van der Waals surface area contributed by atoms with Crippen molar-refractivity contribution >= 4 is 26.8 Å². The van der Waals surface area contributed by atoms with Gasteiger partial charge in [-0.2, -0.15) is 8.78 Å². The molecule has 1 amide bonds. The highest BCUT2D eigenvalue weighted by molar-refractivity contribution is 7.90. The number of carbonyl (C=O) groups excluding carboxylic acids is 1. The zero-order valence-corrected chi connectivity index (χ0v) is 20.6. The molecule has 0 atom stereocenters. The molecule has 1 aliphatic carbocycles. The van der Waals surface area contributed by atoms with Crippen LogP contribution in [0.25, 0.3) is 10.9 Å². The van der Waals surface area contributed by atoms with E-state index in [0.29, 0.717) is 16.5 Å². The van der Waals surface area contributed by atoms with Crippen LogP contribution in [-0.4, -0.2) is 33.0 Å². The number of carbonyl (C=O) groups is 1. The smallest absolute Gasteiger partial charge is 0.387 e. The Hall–Kier alpha value is -3.11. The third-order valence-electron chi connectivity index (χ3n) is 6.45. The Morgan fingerprint density at radius 1 is 1.14 bits per heavy atom. The standard InChI is InChI=1S/C25H26F2N2O5S/c1-15-8-10-17-19(28-15)6-5-7-21(17)35(31,32)29-22(30)25(12-13-25)18-14-16(24(2,3)33-4)9-11-20(18)34-23(26)27/h5-11,14,23H,12-13H2,1-4H3,(H,29,30). The number of hydrogen-bond acceptors (Lipinski definition) is 6. The van der Waals surface area contributed by atoms with E-state index in [-0.39, 0.29) is 29.1 Å². The number of pyridine rings is 1. The van der Waals surface area contributed by atoms with Crippen LogP contribution in [0, 0.1) is 6.92 Å². The number of ether oxygens (including phenoxy) is 2. The predicted octanol–water partition coefficient (Wildman–Crippen LogP) is 4.56. The van der Waals surface area contributed by atoms with Gasteiger partial charge >= 0.3 is 6.61 Å². The summed E-state index contributed by atoms with van der Waals surface area (Å²) in [6, 6.07) is 12.5. The number of halogens is 2. The molecule has 0 radical (unpaired) electrons. The van der Waals surface area contributed by atoms with E-state index in [0.717, 1.165) is 5.69 Å². The molecule has 7 nitrogen and oxygen atoms in total. The van der Waals surface area contributed by atoms with Crippen LogP contribution in [0.3, 0.4) is 0 Å². The van der Waals surface area contributed by atoms with E-state index >= 15 is 0 Å². The molecule has 0 spiro atoms. The zero-order chi connectivity index (χ0) is 25.6. The van der Waals surface area contributed by atoms with Crippen molar-refractivity contribution in [3.63, 3.8) is 0 Å². The Kier molecular flexibility index (Phi) is 6.31. The molecule has 0 saturated heterocycles. The molecule has 1 fully saturated rings. The third-order valence-corrected chi connectivity index (χ3v) is 7.84. The highest BCUT2D eigenvalue weighted by Crippen LogP contribution is 2.53. The fraction of sp³-hybridized carbons (Fsp3) is 0.360. The van der Waals surface area contributed by atoms with Crippen LogP contribution >= 0.6 is 0 Å². The summed E-state index contributed by atoms with van der Waals surface area (Å²) < 4.78 is 65.1. The van der Waals surface area contributed by atoms with Crippen molar-refractivity contribution in [3.05, 3.63) is 65.4 Å². The molecule has 10 heteroatoms. The first-order chi connectivity index (χ1) is 16.4. The number of nitrogens with one attached hydrogen (secondary N) is 1. The summed E-state index contributed by atoms with van der Waals surface area (Å²) in [5.74, 6) is -0.980. The maximum absolute atomic E-state index is 13.4. The summed E-state index contributed by atoms with van der Waals surface area (Å²) in [5, 5.41) is 0.369. The Bertz CT molecular complexity index is 1400. The van der Waals surface area contributed by atoms with E-state index in [9.17, 15) is 22.0 Å². The Labute approximate surface area is 202 Å². The van der Waals surface area contributed by atoms with Gasteiger partial charge < -0.3 is 9.47 Å². The first-order valence-corrected chi connectivity index (χ1v) is 12.5. The quantitative estimate of drug-likeness (QED) is 0.483. The maximum atomic E-state index is 13.4. The fourth-order valence-corrected chi connectivity index (χ4v) is 5.35. The summed E-state index contributed by atoms with van der Waals surface area (Å²) in [6.07, 6.45) is 0.558. The van der Waals surface area contributed by atoms with Gasteiger partial charge in [0.25, 0.3) is 10.0 Å². The topological polar surface area (TPSA) is 94.6 Å². The second kappa shape index (κ2) is 8.83. The maximum Gasteiger partial charge on any atom is 0.387 e. The number of hydrogen-bond donors (Lipinski definition) is 1. The predicted molar refractivity (Wildman–Crippen MR) is 126 cm³/mol. The Balaban J connectivity index is 1.73. The van der Waals surface area contributed by atoms with Gasteiger partial charge in [-0.25, -0.2) is 13.1 Å². The molecule has 0 aliphatic heterocycles. The number of rotatable bonds is 8. The first-order valence-electron chi connectivity index (χ1n) is 11.0. The van der Waals surface area contributed by atoms with Crippen molar-refractivity contribution in [2.24, 2.45) is 0 Å².